The second-order valence-corrected chi connectivity index (χ2v) is 6.87. The van der Waals surface area contributed by atoms with Gasteiger partial charge in [-0.15, -0.1) is 12.6 Å². The predicted molar refractivity (Wildman–Crippen MR) is 121 cm³/mol. The molecule has 0 aliphatic rings. The molecule has 2 N–H and O–H groups in total. The van der Waals surface area contributed by atoms with Gasteiger partial charge in [-0.3, -0.25) is 4.79 Å². The fourth-order valence-electron chi connectivity index (χ4n) is 2.54. The number of nitriles is 1. The lowest BCUT2D eigenvalue weighted by atomic mass is 10.3. The molecule has 1 heterocycles. The number of hydrazone groups is 1. The van der Waals surface area contributed by atoms with Crippen LogP contribution < -0.4 is 10.7 Å². The van der Waals surface area contributed by atoms with Gasteiger partial charge < -0.3 is 5.32 Å². The van der Waals surface area contributed by atoms with Crippen LogP contribution in [0.4, 0.5) is 5.69 Å². The van der Waals surface area contributed by atoms with E-state index >= 15 is 0 Å². The van der Waals surface area contributed by atoms with Crippen LogP contribution in [0.2, 0.25) is 5.15 Å². The molecule has 0 fully saturated rings. The summed E-state index contributed by atoms with van der Waals surface area (Å²) in [7, 11) is 0. The van der Waals surface area contributed by atoms with Crippen LogP contribution in [0.25, 0.3) is 5.69 Å². The third kappa shape index (κ3) is 4.89. The van der Waals surface area contributed by atoms with Gasteiger partial charge in [0.1, 0.15) is 16.8 Å². The molecule has 2 aromatic carbocycles. The van der Waals surface area contributed by atoms with Crippen molar-refractivity contribution in [3.63, 3.8) is 0 Å². The van der Waals surface area contributed by atoms with E-state index in [4.69, 9.17) is 11.6 Å². The zero-order chi connectivity index (χ0) is 21.5. The summed E-state index contributed by atoms with van der Waals surface area (Å²) >= 11 is 10.6. The highest BCUT2D eigenvalue weighted by atomic mass is 35.5. The normalized spacial score (nSPS) is 11.7. The van der Waals surface area contributed by atoms with Gasteiger partial charge in [-0.1, -0.05) is 48.0 Å². The zero-order valence-electron chi connectivity index (χ0n) is 15.9. The van der Waals surface area contributed by atoms with Crippen molar-refractivity contribution in [1.29, 1.82) is 5.26 Å². The second kappa shape index (κ2) is 9.78. The molecule has 0 aliphatic carbocycles. The molecule has 150 valence electrons. The smallest absolute Gasteiger partial charge is 0.284 e. The van der Waals surface area contributed by atoms with Crippen molar-refractivity contribution in [2.24, 2.45) is 5.10 Å². The van der Waals surface area contributed by atoms with E-state index in [9.17, 15) is 10.1 Å². The van der Waals surface area contributed by atoms with E-state index in [-0.39, 0.29) is 10.6 Å². The minimum atomic E-state index is -0.702. The third-order valence-electron chi connectivity index (χ3n) is 4.02. The molecule has 0 saturated heterocycles. The summed E-state index contributed by atoms with van der Waals surface area (Å²) < 4.78 is 1.58. The number of rotatable bonds is 6. The first-order valence-electron chi connectivity index (χ1n) is 8.80. The van der Waals surface area contributed by atoms with Gasteiger partial charge in [-0.2, -0.15) is 15.5 Å². The molecule has 0 bridgehead atoms. The quantitative estimate of drug-likeness (QED) is 0.178. The Morgan fingerprint density at radius 2 is 1.83 bits per heavy atom. The molecule has 0 radical (unpaired) electrons. The first-order chi connectivity index (χ1) is 14.5. The van der Waals surface area contributed by atoms with Gasteiger partial charge in [0, 0.05) is 5.69 Å². The maximum absolute atomic E-state index is 12.3. The highest BCUT2D eigenvalue weighted by molar-refractivity contribution is 7.84. The summed E-state index contributed by atoms with van der Waals surface area (Å²) in [5, 5.41) is 21.0. The monoisotopic (exact) mass is 436 g/mol. The van der Waals surface area contributed by atoms with E-state index in [0.29, 0.717) is 22.1 Å². The van der Waals surface area contributed by atoms with E-state index in [1.807, 2.05) is 54.6 Å². The Hall–Kier alpha value is -3.54. The van der Waals surface area contributed by atoms with Gasteiger partial charge in [0.25, 0.3) is 5.91 Å². The number of halogens is 1. The number of nitrogens with zero attached hydrogens (tertiary/aromatic N) is 4. The van der Waals surface area contributed by atoms with E-state index < -0.39 is 5.91 Å². The molecule has 0 unspecified atom stereocenters. The summed E-state index contributed by atoms with van der Waals surface area (Å²) in [5.74, 6) is -0.702. The zero-order valence-corrected chi connectivity index (χ0v) is 17.5. The molecule has 0 saturated carbocycles. The molecular formula is C21H17ClN6OS. The van der Waals surface area contributed by atoms with Crippen LogP contribution in [0.3, 0.4) is 0 Å². The van der Waals surface area contributed by atoms with Crippen molar-refractivity contribution in [2.45, 2.75) is 6.92 Å². The van der Waals surface area contributed by atoms with Gasteiger partial charge in [0.2, 0.25) is 0 Å². The Kier molecular flexibility index (Phi) is 6.91. The Labute approximate surface area is 184 Å². The fraction of sp³-hybridized carbons (Fsp3) is 0.0476. The maximum Gasteiger partial charge on any atom is 0.284 e. The molecule has 0 spiro atoms. The number of amides is 1. The van der Waals surface area contributed by atoms with Gasteiger partial charge in [0.05, 0.1) is 28.2 Å². The average molecular weight is 437 g/mol. The number of para-hydroxylation sites is 2. The number of thiol groups is 1. The Bertz CT molecular complexity index is 1150. The average Bonchev–Trinajstić information content (AvgIpc) is 3.04. The first kappa shape index (κ1) is 21.2. The first-order valence-corrected chi connectivity index (χ1v) is 9.63. The topological polar surface area (TPSA) is 95.1 Å². The Morgan fingerprint density at radius 1 is 1.20 bits per heavy atom. The highest BCUT2D eigenvalue weighted by Crippen LogP contribution is 2.22. The predicted octanol–water partition coefficient (Wildman–Crippen LogP) is 4.06. The van der Waals surface area contributed by atoms with Gasteiger partial charge in [-0.05, 0) is 31.2 Å². The molecule has 1 aromatic heterocycles. The summed E-state index contributed by atoms with van der Waals surface area (Å²) in [4.78, 5) is 12.3. The molecule has 3 aromatic rings. The third-order valence-corrected chi connectivity index (χ3v) is 4.72. The van der Waals surface area contributed by atoms with E-state index in [1.54, 1.807) is 23.7 Å². The number of carbonyl (C=O) groups excluding carboxylic acids is 1. The summed E-state index contributed by atoms with van der Waals surface area (Å²) in [6.45, 7) is 1.78. The van der Waals surface area contributed by atoms with Gasteiger partial charge >= 0.3 is 0 Å². The molecule has 3 rings (SSSR count). The molecule has 1 amide bonds. The van der Waals surface area contributed by atoms with Gasteiger partial charge in [-0.25, -0.2) is 10.1 Å². The van der Waals surface area contributed by atoms with Gasteiger partial charge in [0.15, 0.2) is 0 Å². The number of benzene rings is 2. The minimum absolute atomic E-state index is 0.113. The van der Waals surface area contributed by atoms with E-state index in [2.05, 4.69) is 33.6 Å². The number of hydrogen-bond donors (Lipinski definition) is 3. The van der Waals surface area contributed by atoms with E-state index in [0.717, 1.165) is 5.69 Å². The van der Waals surface area contributed by atoms with Crippen LogP contribution in [0.15, 0.2) is 76.4 Å². The number of aryl methyl sites for hydroxylation is 1. The number of anilines is 1. The Morgan fingerprint density at radius 3 is 2.47 bits per heavy atom. The van der Waals surface area contributed by atoms with Crippen molar-refractivity contribution in [3.05, 3.63) is 87.7 Å². The summed E-state index contributed by atoms with van der Waals surface area (Å²) in [6.07, 6.45) is 1.39. The van der Waals surface area contributed by atoms with Crippen LogP contribution in [0.1, 0.15) is 11.3 Å². The van der Waals surface area contributed by atoms with E-state index in [1.165, 1.54) is 6.21 Å². The largest absolute Gasteiger partial charge is 0.349 e. The molecule has 0 atom stereocenters. The lowest BCUT2D eigenvalue weighted by Crippen LogP contribution is -2.21. The lowest BCUT2D eigenvalue weighted by Gasteiger charge is -2.07. The SMILES string of the molecule is Cc1nn(-c2ccccc2)c(Cl)c1C=NNC(=O)C(C#N)=C(S)Nc1ccccc1. The minimum Gasteiger partial charge on any atom is -0.349 e. The standard InChI is InChI=1S/C21H17ClN6OS/c1-14-18(19(22)28(27-14)16-10-6-3-7-11-16)13-24-26-20(29)17(12-23)21(30)25-15-8-4-2-5-9-15/h2-11,13,25,30H,1H3,(H,26,29). The number of carbonyl (C=O) groups is 1. The second-order valence-electron chi connectivity index (χ2n) is 6.06. The number of hydrogen-bond acceptors (Lipinski definition) is 6. The lowest BCUT2D eigenvalue weighted by molar-refractivity contribution is -0.117. The Balaban J connectivity index is 1.75. The summed E-state index contributed by atoms with van der Waals surface area (Å²) in [6, 6.07) is 20.3. The molecule has 9 heteroatoms. The number of nitrogens with one attached hydrogen (secondary N) is 2. The molecule has 0 aliphatic heterocycles. The van der Waals surface area contributed by atoms with Crippen molar-refractivity contribution in [3.8, 4) is 11.8 Å². The van der Waals surface area contributed by atoms with Crippen molar-refractivity contribution >= 4 is 42.0 Å². The highest BCUT2D eigenvalue weighted by Gasteiger charge is 2.15. The van der Waals surface area contributed by atoms with Crippen LogP contribution in [0, 0.1) is 18.3 Å². The van der Waals surface area contributed by atoms with Crippen molar-refractivity contribution in [1.82, 2.24) is 15.2 Å². The molecular weight excluding hydrogens is 420 g/mol. The van der Waals surface area contributed by atoms with Crippen LogP contribution in [0.5, 0.6) is 0 Å². The fourth-order valence-corrected chi connectivity index (χ4v) is 3.14. The van der Waals surface area contributed by atoms with Crippen LogP contribution in [-0.2, 0) is 4.79 Å². The van der Waals surface area contributed by atoms with Crippen molar-refractivity contribution in [2.75, 3.05) is 5.32 Å². The summed E-state index contributed by atoms with van der Waals surface area (Å²) in [5.41, 5.74) is 4.80. The van der Waals surface area contributed by atoms with Crippen molar-refractivity contribution < 1.29 is 4.79 Å². The molecule has 30 heavy (non-hydrogen) atoms. The van der Waals surface area contributed by atoms with Crippen LogP contribution in [-0.4, -0.2) is 21.9 Å². The maximum atomic E-state index is 12.3. The number of aromatic nitrogens is 2. The molecule has 7 nitrogen and oxygen atoms in total. The van der Waals surface area contributed by atoms with Crippen LogP contribution >= 0.6 is 24.2 Å².